The fraction of sp³-hybridized carbons (Fsp3) is 0.429. The number of hydrogen-bond donors (Lipinski definition) is 1. The van der Waals surface area contributed by atoms with Crippen molar-refractivity contribution in [2.24, 2.45) is 5.73 Å². The van der Waals surface area contributed by atoms with E-state index in [1.54, 1.807) is 24.1 Å². The van der Waals surface area contributed by atoms with E-state index in [9.17, 15) is 4.79 Å². The van der Waals surface area contributed by atoms with Crippen LogP contribution >= 0.6 is 12.2 Å². The molecular formula is C14H19N3O3S. The number of amides is 1. The minimum Gasteiger partial charge on any atom is -0.497 e. The number of ether oxygens (including phenoxy) is 2. The largest absolute Gasteiger partial charge is 0.497 e. The standard InChI is InChI=1S/C14H19N3O3S/c1-19-11-3-2-4-12(9-11)20-10-13(18)16-5-7-17(8-6-16)14(15)21/h2-4,9H,5-8,10H2,1H3,(H2,15,21). The van der Waals surface area contributed by atoms with Crippen molar-refractivity contribution in [3.05, 3.63) is 24.3 Å². The van der Waals surface area contributed by atoms with Gasteiger partial charge in [-0.15, -0.1) is 0 Å². The van der Waals surface area contributed by atoms with Gasteiger partial charge in [0.25, 0.3) is 5.91 Å². The van der Waals surface area contributed by atoms with Crippen molar-refractivity contribution in [3.63, 3.8) is 0 Å². The van der Waals surface area contributed by atoms with Crippen LogP contribution in [-0.2, 0) is 4.79 Å². The van der Waals surface area contributed by atoms with E-state index in [0.29, 0.717) is 42.8 Å². The van der Waals surface area contributed by atoms with Gasteiger partial charge in [0, 0.05) is 32.2 Å². The Balaban J connectivity index is 1.81. The van der Waals surface area contributed by atoms with Gasteiger partial charge >= 0.3 is 0 Å². The average Bonchev–Trinajstić information content (AvgIpc) is 2.53. The molecule has 21 heavy (non-hydrogen) atoms. The summed E-state index contributed by atoms with van der Waals surface area (Å²) in [6, 6.07) is 7.18. The third-order valence-corrected chi connectivity index (χ3v) is 3.61. The molecule has 1 aliphatic heterocycles. The minimum atomic E-state index is -0.0413. The highest BCUT2D eigenvalue weighted by Gasteiger charge is 2.21. The van der Waals surface area contributed by atoms with E-state index >= 15 is 0 Å². The van der Waals surface area contributed by atoms with Gasteiger partial charge in [-0.2, -0.15) is 0 Å². The van der Waals surface area contributed by atoms with Crippen LogP contribution in [0.5, 0.6) is 11.5 Å². The lowest BCUT2D eigenvalue weighted by atomic mass is 10.3. The molecule has 0 atom stereocenters. The lowest BCUT2D eigenvalue weighted by molar-refractivity contribution is -0.134. The summed E-state index contributed by atoms with van der Waals surface area (Å²) in [5, 5.41) is 0.384. The summed E-state index contributed by atoms with van der Waals surface area (Å²) in [5.41, 5.74) is 5.57. The molecule has 1 fully saturated rings. The summed E-state index contributed by atoms with van der Waals surface area (Å²) >= 11 is 4.92. The third kappa shape index (κ3) is 4.22. The minimum absolute atomic E-state index is 0.0141. The number of hydrogen-bond acceptors (Lipinski definition) is 4. The molecular weight excluding hydrogens is 290 g/mol. The molecule has 6 nitrogen and oxygen atoms in total. The van der Waals surface area contributed by atoms with E-state index in [2.05, 4.69) is 0 Å². The Hall–Kier alpha value is -2.02. The third-order valence-electron chi connectivity index (χ3n) is 3.35. The number of nitrogens with zero attached hydrogens (tertiary/aromatic N) is 2. The number of nitrogens with two attached hydrogens (primary N) is 1. The molecule has 2 N–H and O–H groups in total. The maximum Gasteiger partial charge on any atom is 0.260 e. The summed E-state index contributed by atoms with van der Waals surface area (Å²) in [5.74, 6) is 1.27. The van der Waals surface area contributed by atoms with Crippen LogP contribution in [0.25, 0.3) is 0 Å². The molecule has 1 saturated heterocycles. The van der Waals surface area contributed by atoms with Crippen LogP contribution in [0.2, 0.25) is 0 Å². The van der Waals surface area contributed by atoms with Crippen LogP contribution in [0.4, 0.5) is 0 Å². The van der Waals surface area contributed by atoms with Crippen molar-refractivity contribution >= 4 is 23.2 Å². The molecule has 0 spiro atoms. The smallest absolute Gasteiger partial charge is 0.260 e. The molecule has 0 unspecified atom stereocenters. The summed E-state index contributed by atoms with van der Waals surface area (Å²) in [4.78, 5) is 15.7. The first-order chi connectivity index (χ1) is 10.1. The van der Waals surface area contributed by atoms with E-state index in [4.69, 9.17) is 27.4 Å². The number of benzene rings is 1. The molecule has 0 bridgehead atoms. The van der Waals surface area contributed by atoms with Crippen LogP contribution in [0.15, 0.2) is 24.3 Å². The summed E-state index contributed by atoms with van der Waals surface area (Å²) in [6.07, 6.45) is 0. The Labute approximate surface area is 129 Å². The Morgan fingerprint density at radius 3 is 2.48 bits per heavy atom. The summed E-state index contributed by atoms with van der Waals surface area (Å²) < 4.78 is 10.6. The molecule has 0 saturated carbocycles. The molecule has 1 aromatic rings. The van der Waals surface area contributed by atoms with Crippen LogP contribution in [-0.4, -0.2) is 60.7 Å². The number of carbonyl (C=O) groups excluding carboxylic acids is 1. The number of thiocarbonyl (C=S) groups is 1. The second-order valence-corrected chi connectivity index (χ2v) is 5.09. The second-order valence-electron chi connectivity index (χ2n) is 4.67. The van der Waals surface area contributed by atoms with Gasteiger partial charge in [0.2, 0.25) is 0 Å². The van der Waals surface area contributed by atoms with Crippen molar-refractivity contribution in [3.8, 4) is 11.5 Å². The van der Waals surface area contributed by atoms with Crippen LogP contribution in [0.1, 0.15) is 0 Å². The van der Waals surface area contributed by atoms with E-state index < -0.39 is 0 Å². The molecule has 1 aromatic carbocycles. The molecule has 2 rings (SSSR count). The predicted molar refractivity (Wildman–Crippen MR) is 83.4 cm³/mol. The summed E-state index contributed by atoms with van der Waals surface area (Å²) in [7, 11) is 1.59. The fourth-order valence-electron chi connectivity index (χ4n) is 2.10. The highest BCUT2D eigenvalue weighted by Crippen LogP contribution is 2.18. The Kier molecular flexibility index (Phi) is 5.21. The molecule has 0 aliphatic carbocycles. The molecule has 7 heteroatoms. The van der Waals surface area contributed by atoms with Gasteiger partial charge in [-0.3, -0.25) is 4.79 Å². The van der Waals surface area contributed by atoms with E-state index in [1.807, 2.05) is 17.0 Å². The maximum atomic E-state index is 12.1. The van der Waals surface area contributed by atoms with Crippen LogP contribution in [0, 0.1) is 0 Å². The van der Waals surface area contributed by atoms with E-state index in [1.165, 1.54) is 0 Å². The van der Waals surface area contributed by atoms with Gasteiger partial charge in [0.15, 0.2) is 11.7 Å². The van der Waals surface area contributed by atoms with Crippen molar-refractivity contribution < 1.29 is 14.3 Å². The Morgan fingerprint density at radius 1 is 1.24 bits per heavy atom. The number of methoxy groups -OCH3 is 1. The molecule has 1 heterocycles. The summed E-state index contributed by atoms with van der Waals surface area (Å²) in [6.45, 7) is 2.57. The lowest BCUT2D eigenvalue weighted by Gasteiger charge is -2.34. The molecule has 1 aliphatic rings. The first-order valence-corrected chi connectivity index (χ1v) is 7.10. The molecule has 1 amide bonds. The zero-order chi connectivity index (χ0) is 15.2. The Morgan fingerprint density at radius 2 is 1.86 bits per heavy atom. The zero-order valence-electron chi connectivity index (χ0n) is 11.9. The quantitative estimate of drug-likeness (QED) is 0.815. The van der Waals surface area contributed by atoms with Crippen molar-refractivity contribution in [2.45, 2.75) is 0 Å². The van der Waals surface area contributed by atoms with Crippen molar-refractivity contribution in [1.29, 1.82) is 0 Å². The van der Waals surface area contributed by atoms with E-state index in [0.717, 1.165) is 0 Å². The van der Waals surface area contributed by atoms with Gasteiger partial charge in [0.05, 0.1) is 7.11 Å². The average molecular weight is 309 g/mol. The number of carbonyl (C=O) groups is 1. The normalized spacial score (nSPS) is 14.7. The van der Waals surface area contributed by atoms with Crippen LogP contribution in [0.3, 0.4) is 0 Å². The maximum absolute atomic E-state index is 12.1. The van der Waals surface area contributed by atoms with Gasteiger partial charge in [-0.05, 0) is 24.4 Å². The van der Waals surface area contributed by atoms with Gasteiger partial charge in [0.1, 0.15) is 11.5 Å². The van der Waals surface area contributed by atoms with Crippen LogP contribution < -0.4 is 15.2 Å². The zero-order valence-corrected chi connectivity index (χ0v) is 12.8. The lowest BCUT2D eigenvalue weighted by Crippen LogP contribution is -2.52. The molecule has 114 valence electrons. The molecule has 0 radical (unpaired) electrons. The monoisotopic (exact) mass is 309 g/mol. The van der Waals surface area contributed by atoms with Crippen molar-refractivity contribution in [2.75, 3.05) is 39.9 Å². The first kappa shape index (κ1) is 15.4. The SMILES string of the molecule is COc1cccc(OCC(=O)N2CCN(C(N)=S)CC2)c1. The second kappa shape index (κ2) is 7.12. The highest BCUT2D eigenvalue weighted by molar-refractivity contribution is 7.80. The molecule has 0 aromatic heterocycles. The topological polar surface area (TPSA) is 68.0 Å². The van der Waals surface area contributed by atoms with Crippen molar-refractivity contribution in [1.82, 2.24) is 9.80 Å². The van der Waals surface area contributed by atoms with E-state index in [-0.39, 0.29) is 12.5 Å². The van der Waals surface area contributed by atoms with Gasteiger partial charge in [-0.1, -0.05) is 6.07 Å². The van der Waals surface area contributed by atoms with Gasteiger partial charge < -0.3 is 25.0 Å². The predicted octanol–water partition coefficient (Wildman–Crippen LogP) is 0.462. The Bertz CT molecular complexity index is 516. The number of piperazine rings is 1. The first-order valence-electron chi connectivity index (χ1n) is 6.69. The fourth-order valence-corrected chi connectivity index (χ4v) is 2.29. The highest BCUT2D eigenvalue weighted by atomic mass is 32.1. The van der Waals surface area contributed by atoms with Gasteiger partial charge in [-0.25, -0.2) is 0 Å². The number of rotatable bonds is 4.